The third kappa shape index (κ3) is 2.27. The van der Waals surface area contributed by atoms with E-state index in [0.717, 1.165) is 42.6 Å². The van der Waals surface area contributed by atoms with Crippen LogP contribution in [-0.2, 0) is 13.0 Å². The van der Waals surface area contributed by atoms with Crippen molar-refractivity contribution in [2.75, 3.05) is 6.54 Å². The lowest BCUT2D eigenvalue weighted by atomic mass is 9.84. The van der Waals surface area contributed by atoms with E-state index in [0.29, 0.717) is 11.6 Å². The number of aromatic amines is 1. The van der Waals surface area contributed by atoms with Gasteiger partial charge in [0.2, 0.25) is 0 Å². The maximum Gasteiger partial charge on any atom is 0.272 e. The zero-order chi connectivity index (χ0) is 14.4. The number of rotatable bonds is 3. The van der Waals surface area contributed by atoms with E-state index in [9.17, 15) is 4.79 Å². The molecule has 3 aliphatic rings. The van der Waals surface area contributed by atoms with Gasteiger partial charge >= 0.3 is 0 Å². The molecule has 4 rings (SSSR count). The van der Waals surface area contributed by atoms with Crippen LogP contribution in [0.1, 0.15) is 54.4 Å². The summed E-state index contributed by atoms with van der Waals surface area (Å²) in [5.74, 6) is 2.41. The van der Waals surface area contributed by atoms with Crippen molar-refractivity contribution in [3.8, 4) is 0 Å². The molecule has 1 amide bonds. The molecule has 2 saturated carbocycles. The summed E-state index contributed by atoms with van der Waals surface area (Å²) in [5, 5.41) is 13.8. The van der Waals surface area contributed by atoms with E-state index in [1.165, 1.54) is 25.7 Å². The molecule has 0 aromatic carbocycles. The van der Waals surface area contributed by atoms with E-state index < -0.39 is 0 Å². The number of nitrogens with one attached hydrogen (secondary N) is 3. The highest BCUT2D eigenvalue weighted by Gasteiger charge is 2.42. The second-order valence-electron chi connectivity index (χ2n) is 7.06. The zero-order valence-electron chi connectivity index (χ0n) is 12.6. The van der Waals surface area contributed by atoms with E-state index in [-0.39, 0.29) is 11.9 Å². The summed E-state index contributed by atoms with van der Waals surface area (Å²) in [7, 11) is 0. The van der Waals surface area contributed by atoms with E-state index in [4.69, 9.17) is 0 Å². The molecule has 2 bridgehead atoms. The van der Waals surface area contributed by atoms with Gasteiger partial charge in [0.05, 0.1) is 0 Å². The Labute approximate surface area is 125 Å². The summed E-state index contributed by atoms with van der Waals surface area (Å²) in [6, 6.07) is 0.261. The number of hydrogen-bond donors (Lipinski definition) is 3. The van der Waals surface area contributed by atoms with E-state index >= 15 is 0 Å². The molecule has 21 heavy (non-hydrogen) atoms. The average Bonchev–Trinajstić information content (AvgIpc) is 3.21. The molecule has 4 atom stereocenters. The van der Waals surface area contributed by atoms with Crippen molar-refractivity contribution in [2.45, 2.75) is 51.6 Å². The standard InChI is InChI=1S/C16H24N4O/c1-9(12-7-10-2-3-11(12)6-10)18-16(21)15-13-8-17-5-4-14(13)19-20-15/h9-12,17H,2-8H2,1H3,(H,18,21)(H,19,20). The minimum absolute atomic E-state index is 0.00789. The van der Waals surface area contributed by atoms with Crippen LogP contribution in [0, 0.1) is 17.8 Å². The van der Waals surface area contributed by atoms with Crippen LogP contribution in [0.5, 0.6) is 0 Å². The van der Waals surface area contributed by atoms with Gasteiger partial charge < -0.3 is 10.6 Å². The van der Waals surface area contributed by atoms with Gasteiger partial charge in [-0.1, -0.05) is 6.42 Å². The Bertz CT molecular complexity index is 552. The van der Waals surface area contributed by atoms with Crippen molar-refractivity contribution in [3.05, 3.63) is 17.0 Å². The van der Waals surface area contributed by atoms with E-state index in [1.54, 1.807) is 0 Å². The number of carbonyl (C=O) groups excluding carboxylic acids is 1. The molecule has 2 fully saturated rings. The number of nitrogens with zero attached hydrogens (tertiary/aromatic N) is 1. The highest BCUT2D eigenvalue weighted by atomic mass is 16.2. The van der Waals surface area contributed by atoms with Crippen molar-refractivity contribution in [1.29, 1.82) is 0 Å². The number of amides is 1. The molecule has 0 radical (unpaired) electrons. The van der Waals surface area contributed by atoms with Gasteiger partial charge in [-0.25, -0.2) is 0 Å². The molecular formula is C16H24N4O. The van der Waals surface area contributed by atoms with Crippen molar-refractivity contribution < 1.29 is 4.79 Å². The van der Waals surface area contributed by atoms with E-state index in [1.807, 2.05) is 0 Å². The molecule has 1 aliphatic heterocycles. The summed E-state index contributed by atoms with van der Waals surface area (Å²) < 4.78 is 0. The third-order valence-electron chi connectivity index (χ3n) is 5.82. The average molecular weight is 288 g/mol. The Morgan fingerprint density at radius 1 is 1.38 bits per heavy atom. The van der Waals surface area contributed by atoms with Crippen LogP contribution >= 0.6 is 0 Å². The second-order valence-corrected chi connectivity index (χ2v) is 7.06. The number of H-pyrrole nitrogens is 1. The van der Waals surface area contributed by atoms with Crippen LogP contribution in [0.25, 0.3) is 0 Å². The van der Waals surface area contributed by atoms with E-state index in [2.05, 4.69) is 27.8 Å². The molecule has 2 aliphatic carbocycles. The van der Waals surface area contributed by atoms with Crippen molar-refractivity contribution in [2.24, 2.45) is 17.8 Å². The zero-order valence-corrected chi connectivity index (χ0v) is 12.6. The summed E-state index contributed by atoms with van der Waals surface area (Å²) >= 11 is 0. The van der Waals surface area contributed by atoms with Crippen LogP contribution < -0.4 is 10.6 Å². The molecule has 1 aromatic heterocycles. The fourth-order valence-electron chi connectivity index (χ4n) is 4.70. The first kappa shape index (κ1) is 13.3. The lowest BCUT2D eigenvalue weighted by molar-refractivity contribution is 0.0909. The molecule has 3 N–H and O–H groups in total. The molecular weight excluding hydrogens is 264 g/mol. The predicted molar refractivity (Wildman–Crippen MR) is 79.9 cm³/mol. The van der Waals surface area contributed by atoms with Gasteiger partial charge in [0.25, 0.3) is 5.91 Å². The van der Waals surface area contributed by atoms with Crippen LogP contribution in [0.15, 0.2) is 0 Å². The van der Waals surface area contributed by atoms with Gasteiger partial charge in [-0.15, -0.1) is 0 Å². The van der Waals surface area contributed by atoms with Gasteiger partial charge in [-0.05, 0) is 43.9 Å². The van der Waals surface area contributed by atoms with Crippen LogP contribution in [0.3, 0.4) is 0 Å². The quantitative estimate of drug-likeness (QED) is 0.791. The fraction of sp³-hybridized carbons (Fsp3) is 0.750. The summed E-state index contributed by atoms with van der Waals surface area (Å²) in [6.07, 6.45) is 6.37. The summed E-state index contributed by atoms with van der Waals surface area (Å²) in [4.78, 5) is 12.5. The topological polar surface area (TPSA) is 69.8 Å². The van der Waals surface area contributed by atoms with Gasteiger partial charge in [-0.3, -0.25) is 9.89 Å². The van der Waals surface area contributed by atoms with Crippen molar-refractivity contribution in [1.82, 2.24) is 20.8 Å². The smallest absolute Gasteiger partial charge is 0.272 e. The maximum absolute atomic E-state index is 12.5. The monoisotopic (exact) mass is 288 g/mol. The first-order valence-corrected chi connectivity index (χ1v) is 8.30. The number of carbonyl (C=O) groups is 1. The largest absolute Gasteiger partial charge is 0.348 e. The van der Waals surface area contributed by atoms with Gasteiger partial charge in [0.15, 0.2) is 5.69 Å². The highest BCUT2D eigenvalue weighted by Crippen LogP contribution is 2.49. The Morgan fingerprint density at radius 3 is 3.05 bits per heavy atom. The van der Waals surface area contributed by atoms with Crippen LogP contribution in [0.2, 0.25) is 0 Å². The molecule has 5 nitrogen and oxygen atoms in total. The number of fused-ring (bicyclic) bond motifs is 3. The van der Waals surface area contributed by atoms with Crippen molar-refractivity contribution in [3.63, 3.8) is 0 Å². The van der Waals surface area contributed by atoms with Gasteiger partial charge in [0.1, 0.15) is 0 Å². The third-order valence-corrected chi connectivity index (χ3v) is 5.82. The summed E-state index contributed by atoms with van der Waals surface area (Å²) in [6.45, 7) is 3.87. The van der Waals surface area contributed by atoms with Gasteiger partial charge in [0, 0.05) is 36.8 Å². The van der Waals surface area contributed by atoms with Gasteiger partial charge in [-0.2, -0.15) is 5.10 Å². The van der Waals surface area contributed by atoms with Crippen LogP contribution in [-0.4, -0.2) is 28.7 Å². The molecule has 0 saturated heterocycles. The Morgan fingerprint density at radius 2 is 2.29 bits per heavy atom. The predicted octanol–water partition coefficient (Wildman–Crippen LogP) is 1.61. The lowest BCUT2D eigenvalue weighted by Gasteiger charge is -2.28. The van der Waals surface area contributed by atoms with Crippen LogP contribution in [0.4, 0.5) is 0 Å². The highest BCUT2D eigenvalue weighted by molar-refractivity contribution is 5.94. The maximum atomic E-state index is 12.5. The minimum Gasteiger partial charge on any atom is -0.348 e. The molecule has 114 valence electrons. The Balaban J connectivity index is 1.45. The molecule has 5 heteroatoms. The summed E-state index contributed by atoms with van der Waals surface area (Å²) in [5.41, 5.74) is 2.76. The SMILES string of the molecule is CC(NC(=O)c1n[nH]c2c1CNCC2)C1CC2CCC1C2. The minimum atomic E-state index is -0.00789. The lowest BCUT2D eigenvalue weighted by Crippen LogP contribution is -2.40. The Kier molecular flexibility index (Phi) is 3.25. The molecule has 1 aromatic rings. The molecule has 2 heterocycles. The van der Waals surface area contributed by atoms with Crippen molar-refractivity contribution >= 4 is 5.91 Å². The molecule has 0 spiro atoms. The number of hydrogen-bond acceptors (Lipinski definition) is 3. The Hall–Kier alpha value is -1.36. The normalized spacial score (nSPS) is 32.0. The second kappa shape index (κ2) is 5.13. The fourth-order valence-corrected chi connectivity index (χ4v) is 4.70. The number of aromatic nitrogens is 2. The first-order chi connectivity index (χ1) is 10.2. The molecule has 4 unspecified atom stereocenters. The first-order valence-electron chi connectivity index (χ1n) is 8.30.